The highest BCUT2D eigenvalue weighted by Crippen LogP contribution is 2.21. The van der Waals surface area contributed by atoms with Crippen molar-refractivity contribution < 1.29 is 33.8 Å². The third kappa shape index (κ3) is 7.87. The maximum atomic E-state index is 14.4. The average molecular weight is 523 g/mol. The van der Waals surface area contributed by atoms with E-state index in [0.29, 0.717) is 11.1 Å². The van der Waals surface area contributed by atoms with E-state index in [0.717, 1.165) is 11.0 Å². The first-order chi connectivity index (χ1) is 18.3. The molecule has 11 heteroatoms. The van der Waals surface area contributed by atoms with Crippen LogP contribution in [0.15, 0.2) is 72.8 Å². The molecule has 0 aliphatic carbocycles. The van der Waals surface area contributed by atoms with Crippen LogP contribution in [0.4, 0.5) is 19.7 Å². The Morgan fingerprint density at radius 3 is 2.26 bits per heavy atom. The second-order valence-electron chi connectivity index (χ2n) is 8.19. The van der Waals surface area contributed by atoms with Crippen LogP contribution < -0.4 is 16.0 Å². The molecule has 3 aromatic rings. The highest BCUT2D eigenvalue weighted by molar-refractivity contribution is 6.11. The molecule has 3 aromatic carbocycles. The van der Waals surface area contributed by atoms with Crippen LogP contribution in [-0.4, -0.2) is 58.6 Å². The number of benzene rings is 3. The van der Waals surface area contributed by atoms with Gasteiger partial charge < -0.3 is 26.2 Å². The first kappa shape index (κ1) is 27.8. The summed E-state index contributed by atoms with van der Waals surface area (Å²) in [5.74, 6) is -1.99. The van der Waals surface area contributed by atoms with E-state index in [1.54, 1.807) is 30.3 Å². The smallest absolute Gasteiger partial charge is 0.408 e. The molecule has 0 aliphatic rings. The number of nitrogens with zero attached hydrogens (tertiary/aromatic N) is 1. The number of aliphatic hydroxyl groups is 1. The number of hydrogen-bond acceptors (Lipinski definition) is 5. The number of halogens is 1. The van der Waals surface area contributed by atoms with Gasteiger partial charge in [0.15, 0.2) is 5.78 Å². The van der Waals surface area contributed by atoms with Crippen molar-refractivity contribution in [2.45, 2.75) is 13.1 Å². The zero-order valence-electron chi connectivity index (χ0n) is 20.3. The van der Waals surface area contributed by atoms with E-state index in [1.165, 1.54) is 36.4 Å². The molecule has 5 N–H and O–H groups in total. The average Bonchev–Trinajstić information content (AvgIpc) is 2.91. The van der Waals surface area contributed by atoms with E-state index in [2.05, 4.69) is 16.0 Å². The molecule has 198 valence electrons. The van der Waals surface area contributed by atoms with Crippen LogP contribution in [0, 0.1) is 5.82 Å². The molecule has 0 fully saturated rings. The number of carbonyl (C=O) groups is 4. The number of amides is 4. The van der Waals surface area contributed by atoms with Crippen molar-refractivity contribution in [3.05, 3.63) is 101 Å². The summed E-state index contributed by atoms with van der Waals surface area (Å²) in [5, 5.41) is 25.9. The molecule has 0 aliphatic heterocycles. The Morgan fingerprint density at radius 1 is 0.868 bits per heavy atom. The highest BCUT2D eigenvalue weighted by atomic mass is 19.1. The molecular formula is C27H27FN4O6. The lowest BCUT2D eigenvalue weighted by Gasteiger charge is -2.19. The Bertz CT molecular complexity index is 1300. The second kappa shape index (κ2) is 13.5. The Balaban J connectivity index is 1.78. The maximum Gasteiger partial charge on any atom is 0.408 e. The van der Waals surface area contributed by atoms with Gasteiger partial charge in [0.05, 0.1) is 12.2 Å². The van der Waals surface area contributed by atoms with Crippen molar-refractivity contribution in [1.29, 1.82) is 0 Å². The lowest BCUT2D eigenvalue weighted by Crippen LogP contribution is -2.39. The fraction of sp³-hybridized carbons (Fsp3) is 0.185. The Kier molecular flexibility index (Phi) is 9.89. The van der Waals surface area contributed by atoms with Crippen molar-refractivity contribution in [1.82, 2.24) is 15.5 Å². The van der Waals surface area contributed by atoms with Crippen LogP contribution in [0.2, 0.25) is 0 Å². The minimum atomic E-state index is -1.27. The third-order valence-electron chi connectivity index (χ3n) is 5.43. The summed E-state index contributed by atoms with van der Waals surface area (Å²) >= 11 is 0. The molecule has 0 radical (unpaired) electrons. The molecule has 38 heavy (non-hydrogen) atoms. The largest absolute Gasteiger partial charge is 0.465 e. The Labute approximate surface area is 218 Å². The molecule has 0 saturated heterocycles. The summed E-state index contributed by atoms with van der Waals surface area (Å²) in [6.07, 6.45) is -1.27. The quantitative estimate of drug-likeness (QED) is 0.245. The minimum absolute atomic E-state index is 0.0132. The van der Waals surface area contributed by atoms with Gasteiger partial charge in [-0.05, 0) is 35.4 Å². The Morgan fingerprint density at radius 2 is 1.58 bits per heavy atom. The van der Waals surface area contributed by atoms with Gasteiger partial charge in [-0.15, -0.1) is 0 Å². The fourth-order valence-electron chi connectivity index (χ4n) is 3.57. The topological polar surface area (TPSA) is 148 Å². The normalized spacial score (nSPS) is 10.4. The molecule has 0 spiro atoms. The zero-order chi connectivity index (χ0) is 27.5. The number of carboxylic acid groups (broad SMARTS) is 1. The summed E-state index contributed by atoms with van der Waals surface area (Å²) in [7, 11) is 0. The van der Waals surface area contributed by atoms with Gasteiger partial charge in [-0.3, -0.25) is 14.5 Å². The van der Waals surface area contributed by atoms with Gasteiger partial charge in [-0.1, -0.05) is 48.5 Å². The maximum absolute atomic E-state index is 14.4. The predicted octanol–water partition coefficient (Wildman–Crippen LogP) is 2.97. The number of ketones is 1. The minimum Gasteiger partial charge on any atom is -0.465 e. The summed E-state index contributed by atoms with van der Waals surface area (Å²) in [6.45, 7) is -0.808. The van der Waals surface area contributed by atoms with Gasteiger partial charge in [-0.2, -0.15) is 0 Å². The van der Waals surface area contributed by atoms with Crippen molar-refractivity contribution in [2.75, 3.05) is 25.0 Å². The summed E-state index contributed by atoms with van der Waals surface area (Å²) in [6, 6.07) is 18.0. The van der Waals surface area contributed by atoms with Gasteiger partial charge in [0.2, 0.25) is 5.91 Å². The van der Waals surface area contributed by atoms with Gasteiger partial charge in [0.1, 0.15) is 12.4 Å². The van der Waals surface area contributed by atoms with Gasteiger partial charge in [-0.25, -0.2) is 14.0 Å². The van der Waals surface area contributed by atoms with Crippen LogP contribution in [0.5, 0.6) is 0 Å². The van der Waals surface area contributed by atoms with Gasteiger partial charge >= 0.3 is 12.1 Å². The summed E-state index contributed by atoms with van der Waals surface area (Å²) in [4.78, 5) is 50.4. The van der Waals surface area contributed by atoms with Crippen LogP contribution >= 0.6 is 0 Å². The number of nitrogens with one attached hydrogen (secondary N) is 3. The van der Waals surface area contributed by atoms with E-state index in [1.807, 2.05) is 0 Å². The van der Waals surface area contributed by atoms with E-state index in [-0.39, 0.29) is 43.1 Å². The van der Waals surface area contributed by atoms with Crippen LogP contribution in [0.1, 0.15) is 27.0 Å². The van der Waals surface area contributed by atoms with Crippen molar-refractivity contribution in [3.63, 3.8) is 0 Å². The number of urea groups is 1. The summed E-state index contributed by atoms with van der Waals surface area (Å²) < 4.78 is 14.4. The fourth-order valence-corrected chi connectivity index (χ4v) is 3.57. The molecule has 0 heterocycles. The van der Waals surface area contributed by atoms with Crippen molar-refractivity contribution >= 4 is 29.5 Å². The molecule has 0 saturated carbocycles. The van der Waals surface area contributed by atoms with Crippen LogP contribution in [0.25, 0.3) is 0 Å². The number of rotatable bonds is 11. The molecule has 4 amide bonds. The zero-order valence-corrected chi connectivity index (χ0v) is 20.3. The molecule has 0 unspecified atom stereocenters. The summed E-state index contributed by atoms with van der Waals surface area (Å²) in [5.41, 5.74) is 1.12. The van der Waals surface area contributed by atoms with Crippen LogP contribution in [0.3, 0.4) is 0 Å². The number of anilines is 1. The first-order valence-electron chi connectivity index (χ1n) is 11.6. The molecule has 0 atom stereocenters. The van der Waals surface area contributed by atoms with Crippen LogP contribution in [-0.2, 0) is 17.9 Å². The standard InChI is InChI=1S/C27H27FN4O6/c28-23-9-5-4-8-21(23)25(35)22-14-20(31-26(36)29-12-13-33)11-10-19(22)15-30-24(34)17-32(27(37)38)16-18-6-2-1-3-7-18/h1-11,14,33H,12-13,15-17H2,(H,30,34)(H,37,38)(H2,29,31,36). The van der Waals surface area contributed by atoms with Gasteiger partial charge in [0.25, 0.3) is 0 Å². The first-order valence-corrected chi connectivity index (χ1v) is 11.6. The Hall–Kier alpha value is -4.77. The van der Waals surface area contributed by atoms with E-state index >= 15 is 0 Å². The molecular weight excluding hydrogens is 495 g/mol. The predicted molar refractivity (Wildman–Crippen MR) is 137 cm³/mol. The van der Waals surface area contributed by atoms with E-state index in [4.69, 9.17) is 5.11 Å². The molecule has 10 nitrogen and oxygen atoms in total. The van der Waals surface area contributed by atoms with Crippen molar-refractivity contribution in [2.24, 2.45) is 0 Å². The lowest BCUT2D eigenvalue weighted by atomic mass is 9.97. The van der Waals surface area contributed by atoms with Crippen molar-refractivity contribution in [3.8, 4) is 0 Å². The SMILES string of the molecule is O=C(CN(Cc1ccccc1)C(=O)O)NCc1ccc(NC(=O)NCCO)cc1C(=O)c1ccccc1F. The van der Waals surface area contributed by atoms with E-state index in [9.17, 15) is 28.7 Å². The van der Waals surface area contributed by atoms with E-state index < -0.39 is 36.2 Å². The molecule has 0 aromatic heterocycles. The third-order valence-corrected chi connectivity index (χ3v) is 5.43. The molecule has 0 bridgehead atoms. The monoisotopic (exact) mass is 522 g/mol. The number of hydrogen-bond donors (Lipinski definition) is 5. The van der Waals surface area contributed by atoms with Gasteiger partial charge in [0, 0.05) is 30.9 Å². The lowest BCUT2D eigenvalue weighted by molar-refractivity contribution is -0.122. The highest BCUT2D eigenvalue weighted by Gasteiger charge is 2.20. The molecule has 3 rings (SSSR count). The second-order valence-corrected chi connectivity index (χ2v) is 8.19. The number of aliphatic hydroxyl groups excluding tert-OH is 1. The number of carbonyl (C=O) groups excluding carboxylic acids is 3.